The lowest BCUT2D eigenvalue weighted by atomic mass is 10.1. The smallest absolute Gasteiger partial charge is 0.373 e. The number of ether oxygens (including phenoxy) is 3. The molecule has 1 N–H and O–H groups in total. The molecule has 1 aromatic heterocycles. The number of nitro groups is 1. The number of imide groups is 1. The first-order valence-electron chi connectivity index (χ1n) is 11.5. The number of carbonyl (C=O) groups is 3. The molecule has 1 aliphatic rings. The number of hydrogen-bond acceptors (Lipinski definition) is 9. The van der Waals surface area contributed by atoms with Crippen molar-refractivity contribution in [2.45, 2.75) is 20.1 Å². The number of halogens is 1. The van der Waals surface area contributed by atoms with Gasteiger partial charge in [-0.25, -0.2) is 9.59 Å². The molecular formula is C26H22ClN3O9. The molecule has 13 heteroatoms. The van der Waals surface area contributed by atoms with Gasteiger partial charge in [0.25, 0.3) is 11.6 Å². The van der Waals surface area contributed by atoms with Gasteiger partial charge in [-0.05, 0) is 48.4 Å². The van der Waals surface area contributed by atoms with Gasteiger partial charge in [-0.15, -0.1) is 0 Å². The molecule has 0 spiro atoms. The second-order valence-electron chi connectivity index (χ2n) is 8.12. The van der Waals surface area contributed by atoms with Gasteiger partial charge in [0.05, 0.1) is 30.2 Å². The van der Waals surface area contributed by atoms with E-state index in [9.17, 15) is 24.5 Å². The highest BCUT2D eigenvalue weighted by Gasteiger charge is 2.34. The summed E-state index contributed by atoms with van der Waals surface area (Å²) in [6, 6.07) is 11.3. The summed E-state index contributed by atoms with van der Waals surface area (Å²) in [7, 11) is 1.21. The van der Waals surface area contributed by atoms with Crippen LogP contribution in [0.15, 0.2) is 58.6 Å². The molecule has 12 nitrogen and oxygen atoms in total. The summed E-state index contributed by atoms with van der Waals surface area (Å²) >= 11 is 6.47. The maximum atomic E-state index is 12.9. The minimum absolute atomic E-state index is 0.00408. The van der Waals surface area contributed by atoms with Gasteiger partial charge in [0.1, 0.15) is 18.1 Å². The van der Waals surface area contributed by atoms with E-state index < -0.39 is 22.8 Å². The standard InChI is InChI=1S/C26H22ClN3O9/c1-3-37-22-12-16(10-19(27)23(22)38-14-15-5-4-6-17(9-15)30(34)35)11-20-24(31)29(26(33)28-20)13-18-7-8-21(39-18)25(32)36-2/h4-12H,3,13-14H2,1-2H3,(H,28,33)/b20-11-. The second kappa shape index (κ2) is 11.7. The van der Waals surface area contributed by atoms with E-state index in [1.54, 1.807) is 25.1 Å². The maximum absolute atomic E-state index is 12.9. The van der Waals surface area contributed by atoms with Crippen molar-refractivity contribution >= 4 is 41.3 Å². The number of carbonyl (C=O) groups excluding carboxylic acids is 3. The number of nitrogens with one attached hydrogen (secondary N) is 1. The predicted molar refractivity (Wildman–Crippen MR) is 137 cm³/mol. The van der Waals surface area contributed by atoms with Crippen LogP contribution in [0.5, 0.6) is 11.5 Å². The Bertz CT molecular complexity index is 1480. The monoisotopic (exact) mass is 555 g/mol. The molecule has 39 heavy (non-hydrogen) atoms. The van der Waals surface area contributed by atoms with Crippen LogP contribution in [0.2, 0.25) is 5.02 Å². The van der Waals surface area contributed by atoms with Crippen molar-refractivity contribution in [2.75, 3.05) is 13.7 Å². The zero-order chi connectivity index (χ0) is 28.1. The summed E-state index contributed by atoms with van der Waals surface area (Å²) < 4.78 is 21.4. The normalized spacial score (nSPS) is 13.9. The molecule has 3 amide bonds. The third kappa shape index (κ3) is 6.18. The number of methoxy groups -OCH3 is 1. The fourth-order valence-electron chi connectivity index (χ4n) is 3.70. The highest BCUT2D eigenvalue weighted by Crippen LogP contribution is 2.38. The Labute approximate surface area is 226 Å². The third-order valence-corrected chi connectivity index (χ3v) is 5.75. The Morgan fingerprint density at radius 3 is 2.69 bits per heavy atom. The van der Waals surface area contributed by atoms with Crippen LogP contribution in [0.3, 0.4) is 0 Å². The number of non-ortho nitro benzene ring substituents is 1. The van der Waals surface area contributed by atoms with Crippen LogP contribution in [0.25, 0.3) is 6.08 Å². The molecule has 1 aliphatic heterocycles. The van der Waals surface area contributed by atoms with Crippen LogP contribution in [0, 0.1) is 10.1 Å². The van der Waals surface area contributed by atoms with Crippen molar-refractivity contribution in [2.24, 2.45) is 0 Å². The number of nitro benzene ring substituents is 1. The van der Waals surface area contributed by atoms with Crippen LogP contribution >= 0.6 is 11.6 Å². The second-order valence-corrected chi connectivity index (χ2v) is 8.52. The van der Waals surface area contributed by atoms with Gasteiger partial charge in [0.15, 0.2) is 11.5 Å². The minimum atomic E-state index is -0.682. The third-order valence-electron chi connectivity index (χ3n) is 5.47. The molecule has 0 radical (unpaired) electrons. The van der Waals surface area contributed by atoms with Crippen LogP contribution in [0.4, 0.5) is 10.5 Å². The van der Waals surface area contributed by atoms with E-state index in [2.05, 4.69) is 10.1 Å². The van der Waals surface area contributed by atoms with Gasteiger partial charge in [-0.2, -0.15) is 0 Å². The Hall–Kier alpha value is -4.84. The molecule has 4 rings (SSSR count). The molecule has 2 aromatic carbocycles. The summed E-state index contributed by atoms with van der Waals surface area (Å²) in [5.41, 5.74) is 0.928. The van der Waals surface area contributed by atoms with E-state index >= 15 is 0 Å². The summed E-state index contributed by atoms with van der Waals surface area (Å²) in [5.74, 6) is -0.639. The molecule has 0 unspecified atom stereocenters. The van der Waals surface area contributed by atoms with Crippen LogP contribution in [0.1, 0.15) is 34.4 Å². The lowest BCUT2D eigenvalue weighted by molar-refractivity contribution is -0.384. The number of nitrogens with zero attached hydrogens (tertiary/aromatic N) is 2. The maximum Gasteiger partial charge on any atom is 0.373 e. The molecule has 2 heterocycles. The summed E-state index contributed by atoms with van der Waals surface area (Å²) in [4.78, 5) is 48.4. The molecule has 1 fully saturated rings. The Morgan fingerprint density at radius 1 is 1.18 bits per heavy atom. The van der Waals surface area contributed by atoms with Crippen molar-refractivity contribution in [3.8, 4) is 11.5 Å². The molecule has 3 aromatic rings. The molecule has 0 aliphatic carbocycles. The van der Waals surface area contributed by atoms with E-state index in [1.807, 2.05) is 0 Å². The SMILES string of the molecule is CCOc1cc(/C=C2\NC(=O)N(Cc3ccc(C(=O)OC)o3)C2=O)cc(Cl)c1OCc1cccc([N+](=O)[O-])c1. The van der Waals surface area contributed by atoms with Gasteiger partial charge in [-0.1, -0.05) is 23.7 Å². The van der Waals surface area contributed by atoms with Gasteiger partial charge < -0.3 is 23.9 Å². The average molecular weight is 556 g/mol. The van der Waals surface area contributed by atoms with Crippen LogP contribution in [-0.2, 0) is 22.7 Å². The number of amides is 3. The number of rotatable bonds is 10. The van der Waals surface area contributed by atoms with Crippen LogP contribution < -0.4 is 14.8 Å². The van der Waals surface area contributed by atoms with Gasteiger partial charge in [0.2, 0.25) is 5.76 Å². The van der Waals surface area contributed by atoms with E-state index in [4.69, 9.17) is 25.5 Å². The molecule has 1 saturated heterocycles. The summed E-state index contributed by atoms with van der Waals surface area (Å²) in [6.07, 6.45) is 1.43. The number of esters is 1. The van der Waals surface area contributed by atoms with Gasteiger partial charge >= 0.3 is 12.0 Å². The summed E-state index contributed by atoms with van der Waals surface area (Å²) in [6.45, 7) is 1.84. The quantitative estimate of drug-likeness (QED) is 0.123. The van der Waals surface area contributed by atoms with Crippen molar-refractivity contribution in [3.63, 3.8) is 0 Å². The van der Waals surface area contributed by atoms with Crippen LogP contribution in [-0.4, -0.2) is 41.4 Å². The lowest BCUT2D eigenvalue weighted by Crippen LogP contribution is -2.30. The van der Waals surface area contributed by atoms with E-state index in [0.29, 0.717) is 11.1 Å². The van der Waals surface area contributed by atoms with Gasteiger partial charge in [0, 0.05) is 12.1 Å². The van der Waals surface area contributed by atoms with Gasteiger partial charge in [-0.3, -0.25) is 19.8 Å². The fraction of sp³-hybridized carbons (Fsp3) is 0.192. The molecular weight excluding hydrogens is 534 g/mol. The topological polar surface area (TPSA) is 150 Å². The van der Waals surface area contributed by atoms with Crippen molar-refractivity contribution in [3.05, 3.63) is 92.0 Å². The zero-order valence-electron chi connectivity index (χ0n) is 20.8. The Kier molecular flexibility index (Phi) is 8.15. The Morgan fingerprint density at radius 2 is 1.97 bits per heavy atom. The number of urea groups is 1. The number of benzene rings is 2. The first kappa shape index (κ1) is 27.2. The van der Waals surface area contributed by atoms with Crippen molar-refractivity contribution in [1.82, 2.24) is 10.2 Å². The molecule has 0 bridgehead atoms. The van der Waals surface area contributed by atoms with E-state index in [-0.39, 0.29) is 59.2 Å². The number of furan rings is 1. The van der Waals surface area contributed by atoms with Crippen molar-refractivity contribution < 1.29 is 37.9 Å². The minimum Gasteiger partial charge on any atom is -0.490 e. The predicted octanol–water partition coefficient (Wildman–Crippen LogP) is 4.70. The molecule has 0 saturated carbocycles. The molecule has 0 atom stereocenters. The highest BCUT2D eigenvalue weighted by molar-refractivity contribution is 6.32. The number of hydrogen-bond donors (Lipinski definition) is 1. The zero-order valence-corrected chi connectivity index (χ0v) is 21.5. The van der Waals surface area contributed by atoms with E-state index in [1.165, 1.54) is 43.5 Å². The summed E-state index contributed by atoms with van der Waals surface area (Å²) in [5, 5.41) is 13.7. The van der Waals surface area contributed by atoms with Crippen molar-refractivity contribution in [1.29, 1.82) is 0 Å². The molecule has 202 valence electrons. The Balaban J connectivity index is 1.53. The first-order chi connectivity index (χ1) is 18.7. The largest absolute Gasteiger partial charge is 0.490 e. The average Bonchev–Trinajstić information content (AvgIpc) is 3.48. The lowest BCUT2D eigenvalue weighted by Gasteiger charge is -2.15. The first-order valence-corrected chi connectivity index (χ1v) is 11.9. The van der Waals surface area contributed by atoms with E-state index in [0.717, 1.165) is 4.90 Å². The fourth-order valence-corrected chi connectivity index (χ4v) is 3.97. The highest BCUT2D eigenvalue weighted by atomic mass is 35.5.